The van der Waals surface area contributed by atoms with Gasteiger partial charge in [0.05, 0.1) is 18.6 Å². The second-order valence-corrected chi connectivity index (χ2v) is 4.31. The summed E-state index contributed by atoms with van der Waals surface area (Å²) in [6.45, 7) is 1.78. The third-order valence-electron chi connectivity index (χ3n) is 2.77. The first-order valence-corrected chi connectivity index (χ1v) is 6.13. The average molecular weight is 232 g/mol. The van der Waals surface area contributed by atoms with Gasteiger partial charge in [0.15, 0.2) is 0 Å². The number of unbranched alkanes of at least 4 members (excludes halogenated alkanes) is 4. The lowest BCUT2D eigenvalue weighted by atomic mass is 9.95. The topological polar surface area (TPSA) is 77.8 Å². The van der Waals surface area contributed by atoms with E-state index in [1.165, 1.54) is 12.8 Å². The van der Waals surface area contributed by atoms with Crippen LogP contribution in [-0.4, -0.2) is 34.0 Å². The van der Waals surface area contributed by atoms with Crippen LogP contribution in [0, 0.1) is 5.92 Å². The molecule has 0 fully saturated rings. The molecular weight excluding hydrogens is 208 g/mol. The van der Waals surface area contributed by atoms with Gasteiger partial charge in [0.25, 0.3) is 0 Å². The van der Waals surface area contributed by atoms with Crippen molar-refractivity contribution in [2.75, 3.05) is 6.61 Å². The van der Waals surface area contributed by atoms with Gasteiger partial charge >= 0.3 is 5.97 Å². The fourth-order valence-corrected chi connectivity index (χ4v) is 1.74. The molecule has 0 amide bonds. The third-order valence-corrected chi connectivity index (χ3v) is 2.77. The molecular formula is C12H24O4. The van der Waals surface area contributed by atoms with E-state index < -0.39 is 18.0 Å². The van der Waals surface area contributed by atoms with Crippen LogP contribution in [-0.2, 0) is 4.79 Å². The number of rotatable bonds is 10. The van der Waals surface area contributed by atoms with E-state index in [2.05, 4.69) is 6.92 Å². The first-order chi connectivity index (χ1) is 7.61. The molecule has 2 unspecified atom stereocenters. The third kappa shape index (κ3) is 7.65. The van der Waals surface area contributed by atoms with Crippen molar-refractivity contribution in [1.29, 1.82) is 0 Å². The smallest absolute Gasteiger partial charge is 0.306 e. The Hall–Kier alpha value is -0.610. The number of carbonyl (C=O) groups is 1. The first-order valence-electron chi connectivity index (χ1n) is 6.13. The minimum Gasteiger partial charge on any atom is -0.481 e. The summed E-state index contributed by atoms with van der Waals surface area (Å²) in [4.78, 5) is 10.9. The normalized spacial score (nSPS) is 14.7. The van der Waals surface area contributed by atoms with E-state index in [1.54, 1.807) is 0 Å². The second kappa shape index (κ2) is 9.60. The van der Waals surface area contributed by atoms with Crippen LogP contribution >= 0.6 is 0 Å². The Morgan fingerprint density at radius 1 is 1.19 bits per heavy atom. The predicted molar refractivity (Wildman–Crippen MR) is 62.2 cm³/mol. The fourth-order valence-electron chi connectivity index (χ4n) is 1.74. The molecule has 0 heterocycles. The summed E-state index contributed by atoms with van der Waals surface area (Å²) in [7, 11) is 0. The van der Waals surface area contributed by atoms with Crippen LogP contribution in [0.5, 0.6) is 0 Å². The van der Waals surface area contributed by atoms with Crippen LogP contribution in [0.4, 0.5) is 0 Å². The lowest BCUT2D eigenvalue weighted by molar-refractivity contribution is -0.143. The summed E-state index contributed by atoms with van der Waals surface area (Å²) >= 11 is 0. The highest BCUT2D eigenvalue weighted by Gasteiger charge is 2.20. The number of aliphatic hydroxyl groups excluding tert-OH is 2. The van der Waals surface area contributed by atoms with Crippen molar-refractivity contribution in [3.8, 4) is 0 Å². The summed E-state index contributed by atoms with van der Waals surface area (Å²) in [5.74, 6) is -1.40. The highest BCUT2D eigenvalue weighted by atomic mass is 16.4. The Bertz CT molecular complexity index is 182. The van der Waals surface area contributed by atoms with Crippen LogP contribution in [0.25, 0.3) is 0 Å². The second-order valence-electron chi connectivity index (χ2n) is 4.31. The zero-order valence-corrected chi connectivity index (χ0v) is 10.1. The lowest BCUT2D eigenvalue weighted by Crippen LogP contribution is -2.23. The highest BCUT2D eigenvalue weighted by molar-refractivity contribution is 5.69. The average Bonchev–Trinajstić information content (AvgIpc) is 2.26. The van der Waals surface area contributed by atoms with E-state index in [4.69, 9.17) is 10.2 Å². The van der Waals surface area contributed by atoms with Gasteiger partial charge in [-0.25, -0.2) is 0 Å². The summed E-state index contributed by atoms with van der Waals surface area (Å²) < 4.78 is 0. The van der Waals surface area contributed by atoms with Gasteiger partial charge in [-0.3, -0.25) is 4.79 Å². The number of carboxylic acid groups (broad SMARTS) is 1. The minimum atomic E-state index is -0.906. The van der Waals surface area contributed by atoms with Crippen LogP contribution in [0.15, 0.2) is 0 Å². The molecule has 0 aliphatic heterocycles. The van der Waals surface area contributed by atoms with Crippen LogP contribution < -0.4 is 0 Å². The van der Waals surface area contributed by atoms with Crippen molar-refractivity contribution < 1.29 is 20.1 Å². The number of aliphatic carboxylic acids is 1. The summed E-state index contributed by atoms with van der Waals surface area (Å²) in [5, 5.41) is 26.8. The summed E-state index contributed by atoms with van der Waals surface area (Å²) in [5.41, 5.74) is 0. The molecule has 0 bridgehead atoms. The molecule has 4 nitrogen and oxygen atoms in total. The van der Waals surface area contributed by atoms with Crippen LogP contribution in [0.2, 0.25) is 0 Å². The quantitative estimate of drug-likeness (QED) is 0.502. The summed E-state index contributed by atoms with van der Waals surface area (Å²) in [6, 6.07) is 0. The van der Waals surface area contributed by atoms with Gasteiger partial charge in [0.2, 0.25) is 0 Å². The molecule has 0 spiro atoms. The Labute approximate surface area is 97.3 Å². The van der Waals surface area contributed by atoms with Crippen molar-refractivity contribution in [2.45, 2.75) is 58.0 Å². The van der Waals surface area contributed by atoms with Crippen molar-refractivity contribution in [3.05, 3.63) is 0 Å². The number of hydrogen-bond acceptors (Lipinski definition) is 3. The van der Waals surface area contributed by atoms with Gasteiger partial charge in [-0.05, 0) is 12.8 Å². The van der Waals surface area contributed by atoms with E-state index in [1.807, 2.05) is 0 Å². The fraction of sp³-hybridized carbons (Fsp3) is 0.917. The molecule has 0 aromatic heterocycles. The summed E-state index contributed by atoms with van der Waals surface area (Å²) in [6.07, 6.45) is 5.28. The SMILES string of the molecule is CCCCCCCC(CC(O)CO)C(=O)O. The highest BCUT2D eigenvalue weighted by Crippen LogP contribution is 2.17. The van der Waals surface area contributed by atoms with E-state index in [0.29, 0.717) is 6.42 Å². The van der Waals surface area contributed by atoms with Gasteiger partial charge in [0, 0.05) is 0 Å². The van der Waals surface area contributed by atoms with Crippen LogP contribution in [0.3, 0.4) is 0 Å². The number of aliphatic hydroxyl groups is 2. The molecule has 0 radical (unpaired) electrons. The van der Waals surface area contributed by atoms with Gasteiger partial charge in [-0.1, -0.05) is 39.0 Å². The molecule has 0 aliphatic rings. The van der Waals surface area contributed by atoms with Crippen LogP contribution in [0.1, 0.15) is 51.9 Å². The van der Waals surface area contributed by atoms with Crippen molar-refractivity contribution in [1.82, 2.24) is 0 Å². The van der Waals surface area contributed by atoms with E-state index in [0.717, 1.165) is 19.3 Å². The molecule has 16 heavy (non-hydrogen) atoms. The Morgan fingerprint density at radius 2 is 1.81 bits per heavy atom. The molecule has 0 aromatic rings. The van der Waals surface area contributed by atoms with Gasteiger partial charge < -0.3 is 15.3 Å². The number of hydrogen-bond donors (Lipinski definition) is 3. The molecule has 0 saturated heterocycles. The van der Waals surface area contributed by atoms with Gasteiger partial charge in [0.1, 0.15) is 0 Å². The molecule has 4 heteroatoms. The van der Waals surface area contributed by atoms with Crippen molar-refractivity contribution >= 4 is 5.97 Å². The minimum absolute atomic E-state index is 0.152. The molecule has 0 aromatic carbocycles. The molecule has 2 atom stereocenters. The zero-order valence-electron chi connectivity index (χ0n) is 10.1. The maximum Gasteiger partial charge on any atom is 0.306 e. The Morgan fingerprint density at radius 3 is 2.31 bits per heavy atom. The molecule has 3 N–H and O–H groups in total. The maximum absolute atomic E-state index is 10.9. The van der Waals surface area contributed by atoms with E-state index in [9.17, 15) is 9.90 Å². The van der Waals surface area contributed by atoms with Gasteiger partial charge in [-0.2, -0.15) is 0 Å². The Balaban J connectivity index is 3.73. The molecule has 0 aliphatic carbocycles. The largest absolute Gasteiger partial charge is 0.481 e. The maximum atomic E-state index is 10.9. The molecule has 0 saturated carbocycles. The Kier molecular flexibility index (Phi) is 9.24. The van der Waals surface area contributed by atoms with Crippen molar-refractivity contribution in [2.24, 2.45) is 5.92 Å². The molecule has 96 valence electrons. The lowest BCUT2D eigenvalue weighted by Gasteiger charge is -2.14. The van der Waals surface area contributed by atoms with Gasteiger partial charge in [-0.15, -0.1) is 0 Å². The zero-order chi connectivity index (χ0) is 12.4. The first kappa shape index (κ1) is 15.4. The van der Waals surface area contributed by atoms with E-state index in [-0.39, 0.29) is 13.0 Å². The monoisotopic (exact) mass is 232 g/mol. The number of carboxylic acids is 1. The van der Waals surface area contributed by atoms with Crippen molar-refractivity contribution in [3.63, 3.8) is 0 Å². The molecule has 0 rings (SSSR count). The predicted octanol–water partition coefficient (Wildman–Crippen LogP) is 1.79. The standard InChI is InChI=1S/C12H24O4/c1-2-3-4-5-6-7-10(12(15)16)8-11(14)9-13/h10-11,13-14H,2-9H2,1H3,(H,15,16). The van der Waals surface area contributed by atoms with E-state index >= 15 is 0 Å².